The van der Waals surface area contributed by atoms with Crippen molar-refractivity contribution in [1.29, 1.82) is 0 Å². The second kappa shape index (κ2) is 6.67. The van der Waals surface area contributed by atoms with Crippen molar-refractivity contribution in [3.05, 3.63) is 0 Å². The molecule has 6 nitrogen and oxygen atoms in total. The second-order valence-electron chi connectivity index (χ2n) is 5.82. The Balaban J connectivity index is 2.37. The highest BCUT2D eigenvalue weighted by atomic mass is 32.2. The SMILES string of the molecule is CC(C)(CNS(=O)(=O)CCC1CCCCN1)C(N)=O. The maximum Gasteiger partial charge on any atom is 0.224 e. The van der Waals surface area contributed by atoms with E-state index in [1.807, 2.05) is 0 Å². The summed E-state index contributed by atoms with van der Waals surface area (Å²) in [7, 11) is -3.35. The van der Waals surface area contributed by atoms with Crippen LogP contribution in [0.5, 0.6) is 0 Å². The van der Waals surface area contributed by atoms with E-state index in [-0.39, 0.29) is 18.3 Å². The van der Waals surface area contributed by atoms with Gasteiger partial charge in [-0.15, -0.1) is 0 Å². The summed E-state index contributed by atoms with van der Waals surface area (Å²) < 4.78 is 26.2. The van der Waals surface area contributed by atoms with Crippen LogP contribution in [-0.2, 0) is 14.8 Å². The molecular weight excluding hydrogens is 266 g/mol. The summed E-state index contributed by atoms with van der Waals surface area (Å²) in [5.41, 5.74) is 4.34. The summed E-state index contributed by atoms with van der Waals surface area (Å²) >= 11 is 0. The van der Waals surface area contributed by atoms with Gasteiger partial charge in [0.05, 0.1) is 11.2 Å². The molecule has 1 amide bonds. The van der Waals surface area contributed by atoms with Gasteiger partial charge in [-0.25, -0.2) is 13.1 Å². The Labute approximate surface area is 115 Å². The van der Waals surface area contributed by atoms with Gasteiger partial charge >= 0.3 is 0 Å². The first-order valence-corrected chi connectivity index (χ1v) is 8.39. The van der Waals surface area contributed by atoms with E-state index in [2.05, 4.69) is 10.0 Å². The predicted octanol–water partition coefficient (Wildman–Crippen LogP) is -0.0505. The summed E-state index contributed by atoms with van der Waals surface area (Å²) in [6.45, 7) is 4.26. The number of carbonyl (C=O) groups is 1. The van der Waals surface area contributed by atoms with Crippen molar-refractivity contribution in [2.24, 2.45) is 11.1 Å². The third-order valence-electron chi connectivity index (χ3n) is 3.55. The van der Waals surface area contributed by atoms with E-state index in [1.165, 1.54) is 0 Å². The molecule has 1 heterocycles. The van der Waals surface area contributed by atoms with Crippen molar-refractivity contribution in [2.75, 3.05) is 18.8 Å². The normalized spacial score (nSPS) is 21.3. The smallest absolute Gasteiger partial charge is 0.224 e. The van der Waals surface area contributed by atoms with Crippen LogP contribution in [0.3, 0.4) is 0 Å². The lowest BCUT2D eigenvalue weighted by Gasteiger charge is -2.24. The number of rotatable bonds is 7. The van der Waals surface area contributed by atoms with E-state index < -0.39 is 21.3 Å². The number of hydrogen-bond acceptors (Lipinski definition) is 4. The molecule has 1 rings (SSSR count). The fourth-order valence-corrected chi connectivity index (χ4v) is 3.24. The van der Waals surface area contributed by atoms with Crippen LogP contribution in [0.2, 0.25) is 0 Å². The van der Waals surface area contributed by atoms with Gasteiger partial charge in [0.25, 0.3) is 0 Å². The molecular formula is C12H25N3O3S. The lowest BCUT2D eigenvalue weighted by Crippen LogP contribution is -2.43. The van der Waals surface area contributed by atoms with Crippen LogP contribution >= 0.6 is 0 Å². The molecule has 1 aliphatic heterocycles. The molecule has 0 aromatic carbocycles. The zero-order valence-corrected chi connectivity index (χ0v) is 12.6. The zero-order valence-electron chi connectivity index (χ0n) is 11.7. The Morgan fingerprint density at radius 1 is 1.42 bits per heavy atom. The molecule has 1 aliphatic rings. The average molecular weight is 291 g/mol. The number of amides is 1. The first-order valence-electron chi connectivity index (χ1n) is 6.73. The molecule has 1 fully saturated rings. The third kappa shape index (κ3) is 5.88. The molecule has 0 aromatic rings. The van der Waals surface area contributed by atoms with Gasteiger partial charge in [0, 0.05) is 12.6 Å². The predicted molar refractivity (Wildman–Crippen MR) is 75.0 cm³/mol. The number of sulfonamides is 1. The molecule has 1 atom stereocenters. The minimum atomic E-state index is -3.35. The molecule has 0 aromatic heterocycles. The lowest BCUT2D eigenvalue weighted by atomic mass is 9.93. The summed E-state index contributed by atoms with van der Waals surface area (Å²) in [6.07, 6.45) is 3.95. The Hall–Kier alpha value is -0.660. The first-order chi connectivity index (χ1) is 8.73. The van der Waals surface area contributed by atoms with Crippen molar-refractivity contribution in [3.63, 3.8) is 0 Å². The van der Waals surface area contributed by atoms with E-state index in [0.717, 1.165) is 25.8 Å². The van der Waals surface area contributed by atoms with Crippen LogP contribution in [0.15, 0.2) is 0 Å². The summed E-state index contributed by atoms with van der Waals surface area (Å²) in [5.74, 6) is -0.427. The van der Waals surface area contributed by atoms with Crippen molar-refractivity contribution >= 4 is 15.9 Å². The molecule has 0 saturated carbocycles. The maximum atomic E-state index is 11.9. The molecule has 112 valence electrons. The van der Waals surface area contributed by atoms with Gasteiger partial charge in [-0.1, -0.05) is 6.42 Å². The third-order valence-corrected chi connectivity index (χ3v) is 4.91. The Morgan fingerprint density at radius 3 is 2.63 bits per heavy atom. The second-order valence-corrected chi connectivity index (χ2v) is 7.75. The van der Waals surface area contributed by atoms with Crippen LogP contribution < -0.4 is 15.8 Å². The van der Waals surface area contributed by atoms with Crippen LogP contribution in [-0.4, -0.2) is 39.2 Å². The van der Waals surface area contributed by atoms with Gasteiger partial charge in [-0.05, 0) is 39.7 Å². The van der Waals surface area contributed by atoms with Gasteiger partial charge in [0.2, 0.25) is 15.9 Å². The lowest BCUT2D eigenvalue weighted by molar-refractivity contribution is -0.125. The van der Waals surface area contributed by atoms with Gasteiger partial charge in [0.1, 0.15) is 0 Å². The molecule has 0 spiro atoms. The average Bonchev–Trinajstić information content (AvgIpc) is 2.36. The largest absolute Gasteiger partial charge is 0.369 e. The van der Waals surface area contributed by atoms with Gasteiger partial charge in [-0.3, -0.25) is 4.79 Å². The topological polar surface area (TPSA) is 101 Å². The fourth-order valence-electron chi connectivity index (χ4n) is 1.92. The summed E-state index contributed by atoms with van der Waals surface area (Å²) in [5, 5.41) is 3.32. The Kier molecular flexibility index (Phi) is 5.76. The molecule has 0 bridgehead atoms. The van der Waals surface area contributed by atoms with Crippen LogP contribution in [0.1, 0.15) is 39.5 Å². The number of hydrogen-bond donors (Lipinski definition) is 3. The highest BCUT2D eigenvalue weighted by molar-refractivity contribution is 7.89. The Bertz CT molecular complexity index is 400. The van der Waals surface area contributed by atoms with Crippen LogP contribution in [0.4, 0.5) is 0 Å². The fraction of sp³-hybridized carbons (Fsp3) is 0.917. The van der Waals surface area contributed by atoms with E-state index in [9.17, 15) is 13.2 Å². The highest BCUT2D eigenvalue weighted by Crippen LogP contribution is 2.14. The van der Waals surface area contributed by atoms with Crippen molar-refractivity contribution < 1.29 is 13.2 Å². The molecule has 0 radical (unpaired) electrons. The number of nitrogens with two attached hydrogens (primary N) is 1. The minimum absolute atomic E-state index is 0.0444. The number of primary amides is 1. The number of nitrogens with one attached hydrogen (secondary N) is 2. The summed E-state index contributed by atoms with van der Waals surface area (Å²) in [6, 6.07) is 0.287. The first kappa shape index (κ1) is 16.4. The van der Waals surface area contributed by atoms with Crippen molar-refractivity contribution in [2.45, 2.75) is 45.6 Å². The molecule has 19 heavy (non-hydrogen) atoms. The van der Waals surface area contributed by atoms with Crippen LogP contribution in [0, 0.1) is 5.41 Å². The van der Waals surface area contributed by atoms with Crippen molar-refractivity contribution in [3.8, 4) is 0 Å². The van der Waals surface area contributed by atoms with Crippen molar-refractivity contribution in [1.82, 2.24) is 10.0 Å². The number of carbonyl (C=O) groups excluding carboxylic acids is 1. The van der Waals surface area contributed by atoms with Gasteiger partial charge < -0.3 is 11.1 Å². The highest BCUT2D eigenvalue weighted by Gasteiger charge is 2.27. The van der Waals surface area contributed by atoms with Crippen LogP contribution in [0.25, 0.3) is 0 Å². The van der Waals surface area contributed by atoms with E-state index in [1.54, 1.807) is 13.8 Å². The Morgan fingerprint density at radius 2 is 2.11 bits per heavy atom. The molecule has 1 unspecified atom stereocenters. The monoisotopic (exact) mass is 291 g/mol. The summed E-state index contributed by atoms with van der Waals surface area (Å²) in [4.78, 5) is 11.1. The number of piperidine rings is 1. The minimum Gasteiger partial charge on any atom is -0.369 e. The maximum absolute atomic E-state index is 11.9. The van der Waals surface area contributed by atoms with E-state index >= 15 is 0 Å². The standard InChI is InChI=1S/C12H25N3O3S/c1-12(2,11(13)16)9-15-19(17,18)8-6-10-5-3-4-7-14-10/h10,14-15H,3-9H2,1-2H3,(H2,13,16). The quantitative estimate of drug-likeness (QED) is 0.612. The van der Waals surface area contributed by atoms with Gasteiger partial charge in [-0.2, -0.15) is 0 Å². The molecule has 0 aliphatic carbocycles. The van der Waals surface area contributed by atoms with E-state index in [0.29, 0.717) is 6.42 Å². The zero-order chi connectivity index (χ0) is 14.5. The van der Waals surface area contributed by atoms with E-state index in [4.69, 9.17) is 5.73 Å². The molecule has 7 heteroatoms. The molecule has 1 saturated heterocycles. The molecule has 4 N–H and O–H groups in total. The van der Waals surface area contributed by atoms with Gasteiger partial charge in [0.15, 0.2) is 0 Å².